The maximum absolute atomic E-state index is 10.7. The molecule has 98 valence electrons. The molecule has 1 rings (SSSR count). The Morgan fingerprint density at radius 2 is 2.00 bits per heavy atom. The minimum Gasteiger partial charge on any atom is -0.358 e. The molecule has 5 nitrogen and oxygen atoms in total. The third-order valence-corrected chi connectivity index (χ3v) is 2.34. The topological polar surface area (TPSA) is 67.2 Å². The van der Waals surface area contributed by atoms with E-state index < -0.39 is 4.92 Å². The molecular formula is C12H17N3O2S. The summed E-state index contributed by atoms with van der Waals surface area (Å²) in [6.45, 7) is 7.70. The first-order valence-electron chi connectivity index (χ1n) is 5.53. The van der Waals surface area contributed by atoms with Crippen LogP contribution >= 0.6 is 12.2 Å². The monoisotopic (exact) mass is 267 g/mol. The SMILES string of the molecule is Cc1cc(NC(=S)NC(C)(C)C)ccc1[N+](=O)[O-]. The third-order valence-electron chi connectivity index (χ3n) is 2.14. The van der Waals surface area contributed by atoms with Crippen LogP contribution in [0.5, 0.6) is 0 Å². The molecule has 0 spiro atoms. The molecule has 18 heavy (non-hydrogen) atoms. The second-order valence-corrected chi connectivity index (χ2v) is 5.50. The van der Waals surface area contributed by atoms with E-state index in [1.165, 1.54) is 6.07 Å². The van der Waals surface area contributed by atoms with Crippen LogP contribution in [0.15, 0.2) is 18.2 Å². The number of thiocarbonyl (C=S) groups is 1. The van der Waals surface area contributed by atoms with Crippen molar-refractivity contribution < 1.29 is 4.92 Å². The number of benzene rings is 1. The maximum Gasteiger partial charge on any atom is 0.272 e. The average Bonchev–Trinajstić information content (AvgIpc) is 2.13. The van der Waals surface area contributed by atoms with E-state index >= 15 is 0 Å². The van der Waals surface area contributed by atoms with Crippen LogP contribution in [0.3, 0.4) is 0 Å². The zero-order valence-corrected chi connectivity index (χ0v) is 11.7. The summed E-state index contributed by atoms with van der Waals surface area (Å²) in [4.78, 5) is 10.3. The Bertz CT molecular complexity index is 481. The Balaban J connectivity index is 2.78. The van der Waals surface area contributed by atoms with E-state index in [-0.39, 0.29) is 11.2 Å². The summed E-state index contributed by atoms with van der Waals surface area (Å²) in [6, 6.07) is 4.81. The Hall–Kier alpha value is -1.69. The number of nitro benzene ring substituents is 1. The molecule has 0 saturated carbocycles. The van der Waals surface area contributed by atoms with Gasteiger partial charge in [-0.25, -0.2) is 0 Å². The fourth-order valence-electron chi connectivity index (χ4n) is 1.44. The van der Waals surface area contributed by atoms with E-state index in [0.717, 1.165) is 5.69 Å². The zero-order chi connectivity index (χ0) is 13.9. The molecule has 0 aromatic heterocycles. The number of hydrogen-bond acceptors (Lipinski definition) is 3. The lowest BCUT2D eigenvalue weighted by Gasteiger charge is -2.23. The summed E-state index contributed by atoms with van der Waals surface area (Å²) in [7, 11) is 0. The van der Waals surface area contributed by atoms with Gasteiger partial charge in [-0.15, -0.1) is 0 Å². The van der Waals surface area contributed by atoms with Gasteiger partial charge in [0.25, 0.3) is 5.69 Å². The third kappa shape index (κ3) is 4.29. The van der Waals surface area contributed by atoms with Gasteiger partial charge in [0.2, 0.25) is 0 Å². The van der Waals surface area contributed by atoms with Crippen LogP contribution in [0.4, 0.5) is 11.4 Å². The van der Waals surface area contributed by atoms with Gasteiger partial charge < -0.3 is 10.6 Å². The van der Waals surface area contributed by atoms with Crippen LogP contribution < -0.4 is 10.6 Å². The molecule has 0 aliphatic carbocycles. The minimum atomic E-state index is -0.398. The first-order valence-corrected chi connectivity index (χ1v) is 5.94. The van der Waals surface area contributed by atoms with Gasteiger partial charge in [-0.05, 0) is 52.0 Å². The Morgan fingerprint density at radius 3 is 2.44 bits per heavy atom. The van der Waals surface area contributed by atoms with Crippen molar-refractivity contribution in [2.24, 2.45) is 0 Å². The molecule has 0 saturated heterocycles. The highest BCUT2D eigenvalue weighted by atomic mass is 32.1. The highest BCUT2D eigenvalue weighted by molar-refractivity contribution is 7.80. The van der Waals surface area contributed by atoms with Gasteiger partial charge in [0.05, 0.1) is 4.92 Å². The molecule has 0 fully saturated rings. The smallest absolute Gasteiger partial charge is 0.272 e. The van der Waals surface area contributed by atoms with Crippen LogP contribution in [0.1, 0.15) is 26.3 Å². The van der Waals surface area contributed by atoms with Crippen LogP contribution in [-0.4, -0.2) is 15.6 Å². The lowest BCUT2D eigenvalue weighted by molar-refractivity contribution is -0.385. The summed E-state index contributed by atoms with van der Waals surface area (Å²) in [5, 5.41) is 17.3. The number of nitro groups is 1. The van der Waals surface area contributed by atoms with Crippen molar-refractivity contribution in [1.29, 1.82) is 0 Å². The fourth-order valence-corrected chi connectivity index (χ4v) is 1.87. The van der Waals surface area contributed by atoms with Crippen molar-refractivity contribution in [2.75, 3.05) is 5.32 Å². The van der Waals surface area contributed by atoms with E-state index in [1.54, 1.807) is 19.1 Å². The van der Waals surface area contributed by atoms with Gasteiger partial charge in [-0.3, -0.25) is 10.1 Å². The molecule has 0 radical (unpaired) electrons. The van der Waals surface area contributed by atoms with Gasteiger partial charge in [0.15, 0.2) is 5.11 Å². The van der Waals surface area contributed by atoms with Crippen molar-refractivity contribution in [3.63, 3.8) is 0 Å². The van der Waals surface area contributed by atoms with Gasteiger partial charge in [-0.2, -0.15) is 0 Å². The van der Waals surface area contributed by atoms with Crippen molar-refractivity contribution in [3.05, 3.63) is 33.9 Å². The first-order chi connectivity index (χ1) is 8.19. The van der Waals surface area contributed by atoms with E-state index in [0.29, 0.717) is 10.7 Å². The number of aryl methyl sites for hydroxylation is 1. The maximum atomic E-state index is 10.7. The number of nitrogens with zero attached hydrogens (tertiary/aromatic N) is 1. The summed E-state index contributed by atoms with van der Waals surface area (Å²) in [5.74, 6) is 0. The molecule has 0 aliphatic heterocycles. The summed E-state index contributed by atoms with van der Waals surface area (Å²) < 4.78 is 0. The lowest BCUT2D eigenvalue weighted by Crippen LogP contribution is -2.42. The molecule has 0 heterocycles. The molecule has 2 N–H and O–H groups in total. The molecular weight excluding hydrogens is 250 g/mol. The Morgan fingerprint density at radius 1 is 1.39 bits per heavy atom. The highest BCUT2D eigenvalue weighted by Gasteiger charge is 2.13. The zero-order valence-electron chi connectivity index (χ0n) is 10.9. The highest BCUT2D eigenvalue weighted by Crippen LogP contribution is 2.21. The van der Waals surface area contributed by atoms with Crippen LogP contribution in [-0.2, 0) is 0 Å². The first kappa shape index (κ1) is 14.4. The molecule has 0 atom stereocenters. The molecule has 6 heteroatoms. The summed E-state index contributed by atoms with van der Waals surface area (Å²) >= 11 is 5.16. The van der Waals surface area contributed by atoms with Crippen LogP contribution in [0.2, 0.25) is 0 Å². The quantitative estimate of drug-likeness (QED) is 0.490. The van der Waals surface area contributed by atoms with Crippen LogP contribution in [0, 0.1) is 17.0 Å². The van der Waals surface area contributed by atoms with Crippen molar-refractivity contribution in [1.82, 2.24) is 5.32 Å². The number of hydrogen-bond donors (Lipinski definition) is 2. The van der Waals surface area contributed by atoms with E-state index in [1.807, 2.05) is 20.8 Å². The minimum absolute atomic E-state index is 0.107. The second kappa shape index (κ2) is 5.30. The molecule has 0 bridgehead atoms. The van der Waals surface area contributed by atoms with Gasteiger partial charge in [0.1, 0.15) is 0 Å². The standard InChI is InChI=1S/C12H17N3O2S/c1-8-7-9(5-6-10(8)15(16)17)13-11(18)14-12(2,3)4/h5-7H,1-4H3,(H2,13,14,18). The lowest BCUT2D eigenvalue weighted by atomic mass is 10.1. The molecule has 0 amide bonds. The molecule has 1 aromatic carbocycles. The largest absolute Gasteiger partial charge is 0.358 e. The average molecular weight is 267 g/mol. The summed E-state index contributed by atoms with van der Waals surface area (Å²) in [6.07, 6.45) is 0. The molecule has 1 aromatic rings. The second-order valence-electron chi connectivity index (χ2n) is 5.09. The molecule has 0 aliphatic rings. The van der Waals surface area contributed by atoms with E-state index in [2.05, 4.69) is 10.6 Å². The van der Waals surface area contributed by atoms with E-state index in [9.17, 15) is 10.1 Å². The van der Waals surface area contributed by atoms with Gasteiger partial charge in [0, 0.05) is 22.9 Å². The number of nitrogens with one attached hydrogen (secondary N) is 2. The predicted octanol–water partition coefficient (Wildman–Crippen LogP) is 2.99. The Kier molecular flexibility index (Phi) is 4.24. The normalized spacial score (nSPS) is 10.9. The van der Waals surface area contributed by atoms with Crippen molar-refractivity contribution in [3.8, 4) is 0 Å². The Labute approximate surface area is 112 Å². The number of anilines is 1. The van der Waals surface area contributed by atoms with Gasteiger partial charge in [-0.1, -0.05) is 0 Å². The predicted molar refractivity (Wildman–Crippen MR) is 76.9 cm³/mol. The fraction of sp³-hybridized carbons (Fsp3) is 0.417. The van der Waals surface area contributed by atoms with Crippen molar-refractivity contribution >= 4 is 28.7 Å². The van der Waals surface area contributed by atoms with Gasteiger partial charge >= 0.3 is 0 Å². The van der Waals surface area contributed by atoms with E-state index in [4.69, 9.17) is 12.2 Å². The van der Waals surface area contributed by atoms with Crippen molar-refractivity contribution in [2.45, 2.75) is 33.2 Å². The molecule has 0 unspecified atom stereocenters. The summed E-state index contributed by atoms with van der Waals surface area (Å²) in [5.41, 5.74) is 1.32. The number of rotatable bonds is 2. The van der Waals surface area contributed by atoms with Crippen LogP contribution in [0.25, 0.3) is 0 Å².